The zero-order chi connectivity index (χ0) is 24.2. The van der Waals surface area contributed by atoms with Crippen molar-refractivity contribution in [2.75, 3.05) is 13.1 Å². The fourth-order valence-corrected chi connectivity index (χ4v) is 5.46. The number of phenols is 1. The summed E-state index contributed by atoms with van der Waals surface area (Å²) in [6.45, 7) is 1.15. The minimum absolute atomic E-state index is 0.151. The number of carboxylic acids is 1. The Kier molecular flexibility index (Phi) is 7.48. The third-order valence-corrected chi connectivity index (χ3v) is 7.12. The second kappa shape index (κ2) is 10.5. The van der Waals surface area contributed by atoms with E-state index in [0.717, 1.165) is 31.2 Å². The van der Waals surface area contributed by atoms with Crippen LogP contribution in [0, 0.1) is 5.82 Å². The van der Waals surface area contributed by atoms with E-state index in [1.807, 2.05) is 12.1 Å². The molecule has 2 fully saturated rings. The molecule has 2 unspecified atom stereocenters. The van der Waals surface area contributed by atoms with Gasteiger partial charge in [-0.05, 0) is 67.0 Å². The van der Waals surface area contributed by atoms with E-state index in [2.05, 4.69) is 11.0 Å². The molecule has 34 heavy (non-hydrogen) atoms. The Bertz CT molecular complexity index is 1020. The number of carbonyl (C=O) groups excluding carboxylic acids is 1. The second-order valence-electron chi connectivity index (χ2n) is 9.39. The molecule has 8 heteroatoms. The number of phenolic OH excluding ortho intramolecular Hbond substituents is 1. The van der Waals surface area contributed by atoms with Crippen molar-refractivity contribution in [2.24, 2.45) is 0 Å². The molecule has 0 aromatic heterocycles. The van der Waals surface area contributed by atoms with E-state index in [1.54, 1.807) is 18.2 Å². The van der Waals surface area contributed by atoms with Crippen molar-refractivity contribution in [3.63, 3.8) is 0 Å². The number of fused-ring (bicyclic) bond motifs is 2. The van der Waals surface area contributed by atoms with Gasteiger partial charge in [-0.1, -0.05) is 24.3 Å². The van der Waals surface area contributed by atoms with Gasteiger partial charge in [0.25, 0.3) is 0 Å². The van der Waals surface area contributed by atoms with Gasteiger partial charge >= 0.3 is 5.97 Å². The highest BCUT2D eigenvalue weighted by molar-refractivity contribution is 5.83. The topological polar surface area (TPSA) is 101 Å². The van der Waals surface area contributed by atoms with Gasteiger partial charge in [-0.3, -0.25) is 9.69 Å². The van der Waals surface area contributed by atoms with Gasteiger partial charge in [0.15, 0.2) is 6.10 Å². The molecule has 2 aliphatic rings. The number of carbonyl (C=O) groups is 2. The lowest BCUT2D eigenvalue weighted by Crippen LogP contribution is -2.47. The van der Waals surface area contributed by atoms with Crippen LogP contribution in [-0.4, -0.2) is 68.3 Å². The molecule has 2 bridgehead atoms. The summed E-state index contributed by atoms with van der Waals surface area (Å²) in [5, 5.41) is 28.5. The SMILES string of the molecule is O=C(O)C(O)CC(=O)N(CCN1[C@@H]2CC[C@H]1CC(c1cccc(O)c1)C2)Cc1cccc(F)c1. The summed E-state index contributed by atoms with van der Waals surface area (Å²) < 4.78 is 13.7. The molecule has 4 rings (SSSR count). The smallest absolute Gasteiger partial charge is 0.333 e. The molecule has 0 saturated carbocycles. The lowest BCUT2D eigenvalue weighted by molar-refractivity contribution is -0.151. The summed E-state index contributed by atoms with van der Waals surface area (Å²) in [4.78, 5) is 27.8. The van der Waals surface area contributed by atoms with Crippen LogP contribution in [0.3, 0.4) is 0 Å². The van der Waals surface area contributed by atoms with E-state index >= 15 is 0 Å². The van der Waals surface area contributed by atoms with Crippen molar-refractivity contribution in [3.05, 3.63) is 65.5 Å². The van der Waals surface area contributed by atoms with E-state index in [0.29, 0.717) is 36.7 Å². The van der Waals surface area contributed by atoms with Gasteiger partial charge in [0.1, 0.15) is 11.6 Å². The monoisotopic (exact) mass is 470 g/mol. The molecular weight excluding hydrogens is 439 g/mol. The first-order valence-electron chi connectivity index (χ1n) is 11.8. The van der Waals surface area contributed by atoms with Crippen LogP contribution >= 0.6 is 0 Å². The molecule has 2 aliphatic heterocycles. The highest BCUT2D eigenvalue weighted by Gasteiger charge is 2.41. The lowest BCUT2D eigenvalue weighted by atomic mass is 9.85. The van der Waals surface area contributed by atoms with Gasteiger partial charge in [0.05, 0.1) is 6.42 Å². The van der Waals surface area contributed by atoms with Crippen LogP contribution in [0.25, 0.3) is 0 Å². The van der Waals surface area contributed by atoms with Gasteiger partial charge in [-0.15, -0.1) is 0 Å². The highest BCUT2D eigenvalue weighted by atomic mass is 19.1. The van der Waals surface area contributed by atoms with E-state index in [-0.39, 0.29) is 12.3 Å². The number of nitrogens with zero attached hydrogens (tertiary/aromatic N) is 2. The number of rotatable bonds is 9. The van der Waals surface area contributed by atoms with E-state index in [4.69, 9.17) is 5.11 Å². The Hall–Kier alpha value is -2.97. The van der Waals surface area contributed by atoms with Crippen LogP contribution in [0.4, 0.5) is 4.39 Å². The van der Waals surface area contributed by atoms with Crippen molar-refractivity contribution < 1.29 is 29.3 Å². The normalized spacial score (nSPS) is 22.9. The summed E-state index contributed by atoms with van der Waals surface area (Å²) in [6.07, 6.45) is 1.84. The van der Waals surface area contributed by atoms with Crippen molar-refractivity contribution in [1.29, 1.82) is 0 Å². The molecule has 2 saturated heterocycles. The number of benzene rings is 2. The third-order valence-electron chi connectivity index (χ3n) is 7.12. The first kappa shape index (κ1) is 24.2. The maximum Gasteiger partial charge on any atom is 0.333 e. The van der Waals surface area contributed by atoms with Gasteiger partial charge in [0, 0.05) is 31.7 Å². The van der Waals surface area contributed by atoms with Crippen LogP contribution in [0.5, 0.6) is 5.75 Å². The van der Waals surface area contributed by atoms with Gasteiger partial charge in [-0.2, -0.15) is 0 Å². The first-order chi connectivity index (χ1) is 16.3. The van der Waals surface area contributed by atoms with Crippen LogP contribution in [0.15, 0.2) is 48.5 Å². The third kappa shape index (κ3) is 5.74. The molecule has 7 nitrogen and oxygen atoms in total. The molecule has 2 aromatic rings. The Morgan fingerprint density at radius 3 is 2.44 bits per heavy atom. The summed E-state index contributed by atoms with van der Waals surface area (Å²) >= 11 is 0. The zero-order valence-corrected chi connectivity index (χ0v) is 19.0. The fraction of sp³-hybridized carbons (Fsp3) is 0.462. The number of halogens is 1. The predicted molar refractivity (Wildman–Crippen MR) is 124 cm³/mol. The Labute approximate surface area is 198 Å². The molecular formula is C26H31FN2O5. The van der Waals surface area contributed by atoms with Crippen molar-refractivity contribution in [1.82, 2.24) is 9.80 Å². The Balaban J connectivity index is 1.42. The molecule has 2 aromatic carbocycles. The molecule has 4 atom stereocenters. The first-order valence-corrected chi connectivity index (χ1v) is 11.8. The van der Waals surface area contributed by atoms with Gasteiger partial charge in [0.2, 0.25) is 5.91 Å². The van der Waals surface area contributed by atoms with E-state index in [1.165, 1.54) is 17.0 Å². The number of carboxylic acid groups (broad SMARTS) is 1. The van der Waals surface area contributed by atoms with Crippen LogP contribution in [-0.2, 0) is 16.1 Å². The van der Waals surface area contributed by atoms with Crippen LogP contribution < -0.4 is 0 Å². The molecule has 0 spiro atoms. The molecule has 182 valence electrons. The van der Waals surface area contributed by atoms with E-state index in [9.17, 15) is 24.2 Å². The summed E-state index contributed by atoms with van der Waals surface area (Å²) in [5.41, 5.74) is 1.77. The Morgan fingerprint density at radius 1 is 1.09 bits per heavy atom. The molecule has 3 N–H and O–H groups in total. The number of aromatic hydroxyl groups is 1. The van der Waals surface area contributed by atoms with Crippen LogP contribution in [0.1, 0.15) is 49.1 Å². The summed E-state index contributed by atoms with van der Waals surface area (Å²) in [6, 6.07) is 14.2. The number of hydrogen-bond acceptors (Lipinski definition) is 5. The summed E-state index contributed by atoms with van der Waals surface area (Å²) in [5.74, 6) is -1.64. The highest BCUT2D eigenvalue weighted by Crippen LogP contribution is 2.43. The number of aliphatic hydroxyl groups excluding tert-OH is 1. The Morgan fingerprint density at radius 2 is 1.79 bits per heavy atom. The number of hydrogen-bond donors (Lipinski definition) is 3. The molecule has 2 heterocycles. The average molecular weight is 471 g/mol. The minimum atomic E-state index is -1.77. The maximum absolute atomic E-state index is 13.7. The fourth-order valence-electron chi connectivity index (χ4n) is 5.46. The van der Waals surface area contributed by atoms with Crippen molar-refractivity contribution in [3.8, 4) is 5.75 Å². The number of aliphatic hydroxyl groups is 1. The standard InChI is InChI=1S/C26H31FN2O5/c27-20-5-1-3-17(11-20)16-28(25(32)15-24(31)26(33)34)9-10-29-21-7-8-22(29)13-19(12-21)18-4-2-6-23(30)14-18/h1-6,11,14,19,21-22,24,30-31H,7-10,12-13,15-16H2,(H,33,34)/t19?,21-,22+,24?. The van der Waals surface area contributed by atoms with Crippen LogP contribution in [0.2, 0.25) is 0 Å². The van der Waals surface area contributed by atoms with E-state index < -0.39 is 30.2 Å². The molecule has 1 amide bonds. The number of piperidine rings is 1. The number of aliphatic carboxylic acids is 1. The van der Waals surface area contributed by atoms with Gasteiger partial charge < -0.3 is 20.2 Å². The average Bonchev–Trinajstić information content (AvgIpc) is 3.03. The minimum Gasteiger partial charge on any atom is -0.508 e. The second-order valence-corrected chi connectivity index (χ2v) is 9.39. The quantitative estimate of drug-likeness (QED) is 0.521. The lowest BCUT2D eigenvalue weighted by Gasteiger charge is -2.40. The zero-order valence-electron chi connectivity index (χ0n) is 19.0. The predicted octanol–water partition coefficient (Wildman–Crippen LogP) is 3.11. The maximum atomic E-state index is 13.7. The number of amides is 1. The van der Waals surface area contributed by atoms with Crippen molar-refractivity contribution >= 4 is 11.9 Å². The van der Waals surface area contributed by atoms with Gasteiger partial charge in [-0.25, -0.2) is 9.18 Å². The molecule has 0 radical (unpaired) electrons. The van der Waals surface area contributed by atoms with Crippen molar-refractivity contribution in [2.45, 2.75) is 62.8 Å². The summed E-state index contributed by atoms with van der Waals surface area (Å²) in [7, 11) is 0. The molecule has 0 aliphatic carbocycles. The largest absolute Gasteiger partial charge is 0.508 e.